The van der Waals surface area contributed by atoms with Crippen LogP contribution in [0.5, 0.6) is 0 Å². The highest BCUT2D eigenvalue weighted by molar-refractivity contribution is 6.28. The molecule has 0 saturated heterocycles. The molecule has 0 aromatic carbocycles. The molecule has 5 heteroatoms. The molecule has 0 saturated carbocycles. The largest absolute Gasteiger partial charge is 0.448 e. The van der Waals surface area contributed by atoms with Crippen molar-refractivity contribution < 1.29 is 4.42 Å². The minimum absolute atomic E-state index is 0.287. The van der Waals surface area contributed by atoms with Gasteiger partial charge >= 0.3 is 0 Å². The molecule has 0 aliphatic heterocycles. The first-order valence-corrected chi connectivity index (χ1v) is 6.01. The van der Waals surface area contributed by atoms with Gasteiger partial charge in [-0.3, -0.25) is 4.68 Å². The molecule has 2 aromatic heterocycles. The molecule has 2 rings (SSSR count). The summed E-state index contributed by atoms with van der Waals surface area (Å²) in [6.45, 7) is 4.91. The molecule has 0 amide bonds. The van der Waals surface area contributed by atoms with Crippen LogP contribution in [0.3, 0.4) is 0 Å². The summed E-state index contributed by atoms with van der Waals surface area (Å²) in [6, 6.07) is 6.13. The van der Waals surface area contributed by atoms with Crippen LogP contribution in [0, 0.1) is 0 Å². The standard InChI is InChI=1S/C12H16ClN3O/c1-9(10(2)16-7-3-6-15-16)14-8-11-4-5-12(13)17-11/h3-7,9-10,14H,8H2,1-2H3/t9-,10-/m1/s1. The molecule has 0 aliphatic carbocycles. The number of rotatable bonds is 5. The van der Waals surface area contributed by atoms with Crippen molar-refractivity contribution in [3.05, 3.63) is 41.6 Å². The van der Waals surface area contributed by atoms with E-state index >= 15 is 0 Å². The molecule has 4 nitrogen and oxygen atoms in total. The molecule has 2 aromatic rings. The highest BCUT2D eigenvalue weighted by Gasteiger charge is 2.14. The summed E-state index contributed by atoms with van der Waals surface area (Å²) in [5.41, 5.74) is 0. The van der Waals surface area contributed by atoms with Gasteiger partial charge in [0.15, 0.2) is 5.22 Å². The van der Waals surface area contributed by atoms with Crippen molar-refractivity contribution in [3.63, 3.8) is 0 Å². The zero-order chi connectivity index (χ0) is 12.3. The summed E-state index contributed by atoms with van der Waals surface area (Å²) in [7, 11) is 0. The van der Waals surface area contributed by atoms with Gasteiger partial charge in [-0.2, -0.15) is 5.10 Å². The molecule has 0 fully saturated rings. The number of hydrogen-bond acceptors (Lipinski definition) is 3. The number of aromatic nitrogens is 2. The van der Waals surface area contributed by atoms with Crippen molar-refractivity contribution in [2.75, 3.05) is 0 Å². The third-order valence-electron chi connectivity index (χ3n) is 2.89. The Hall–Kier alpha value is -1.26. The van der Waals surface area contributed by atoms with Crippen LogP contribution in [0.1, 0.15) is 25.6 Å². The summed E-state index contributed by atoms with van der Waals surface area (Å²) >= 11 is 5.71. The number of hydrogen-bond donors (Lipinski definition) is 1. The lowest BCUT2D eigenvalue weighted by Crippen LogP contribution is -2.33. The van der Waals surface area contributed by atoms with Gasteiger partial charge in [0.05, 0.1) is 12.6 Å². The van der Waals surface area contributed by atoms with Crippen molar-refractivity contribution in [2.45, 2.75) is 32.5 Å². The van der Waals surface area contributed by atoms with E-state index in [1.165, 1.54) is 0 Å². The van der Waals surface area contributed by atoms with E-state index in [9.17, 15) is 0 Å². The van der Waals surface area contributed by atoms with Crippen molar-refractivity contribution in [1.82, 2.24) is 15.1 Å². The predicted octanol–water partition coefficient (Wildman–Crippen LogP) is 2.87. The number of nitrogens with zero attached hydrogens (tertiary/aromatic N) is 2. The van der Waals surface area contributed by atoms with Crippen molar-refractivity contribution in [3.8, 4) is 0 Å². The smallest absolute Gasteiger partial charge is 0.193 e. The van der Waals surface area contributed by atoms with Gasteiger partial charge in [0.1, 0.15) is 5.76 Å². The second-order valence-electron chi connectivity index (χ2n) is 4.10. The summed E-state index contributed by atoms with van der Waals surface area (Å²) in [5.74, 6) is 0.842. The normalized spacial score (nSPS) is 14.8. The summed E-state index contributed by atoms with van der Waals surface area (Å²) in [5, 5.41) is 8.04. The molecule has 0 spiro atoms. The fraction of sp³-hybridized carbons (Fsp3) is 0.417. The lowest BCUT2D eigenvalue weighted by atomic mass is 10.2. The summed E-state index contributed by atoms with van der Waals surface area (Å²) in [4.78, 5) is 0. The zero-order valence-corrected chi connectivity index (χ0v) is 10.7. The molecule has 92 valence electrons. The first-order chi connectivity index (χ1) is 8.16. The van der Waals surface area contributed by atoms with Gasteiger partial charge in [0, 0.05) is 18.4 Å². The first kappa shape index (κ1) is 12.2. The van der Waals surface area contributed by atoms with E-state index in [4.69, 9.17) is 16.0 Å². The van der Waals surface area contributed by atoms with Gasteiger partial charge in [-0.1, -0.05) is 0 Å². The molecule has 17 heavy (non-hydrogen) atoms. The Morgan fingerprint density at radius 1 is 1.47 bits per heavy atom. The van der Waals surface area contributed by atoms with Crippen LogP contribution in [-0.2, 0) is 6.54 Å². The number of halogens is 1. The van der Waals surface area contributed by atoms with E-state index in [2.05, 4.69) is 24.3 Å². The van der Waals surface area contributed by atoms with Gasteiger partial charge in [0.2, 0.25) is 0 Å². The van der Waals surface area contributed by atoms with Crippen LogP contribution in [0.4, 0.5) is 0 Å². The fourth-order valence-electron chi connectivity index (χ4n) is 1.63. The van der Waals surface area contributed by atoms with Gasteiger partial charge in [-0.05, 0) is 43.6 Å². The molecule has 1 N–H and O–H groups in total. The molecular weight excluding hydrogens is 238 g/mol. The van der Waals surface area contributed by atoms with E-state index in [1.54, 1.807) is 12.3 Å². The van der Waals surface area contributed by atoms with E-state index in [-0.39, 0.29) is 6.04 Å². The average molecular weight is 254 g/mol. The van der Waals surface area contributed by atoms with E-state index in [0.717, 1.165) is 5.76 Å². The molecule has 0 unspecified atom stereocenters. The predicted molar refractivity (Wildman–Crippen MR) is 67.0 cm³/mol. The third-order valence-corrected chi connectivity index (χ3v) is 3.10. The van der Waals surface area contributed by atoms with E-state index in [0.29, 0.717) is 17.8 Å². The minimum atomic E-state index is 0.287. The maximum atomic E-state index is 5.71. The SMILES string of the molecule is C[C@H]([C@@H](C)NCc1ccc(Cl)o1)n1cccn1. The Morgan fingerprint density at radius 3 is 2.88 bits per heavy atom. The average Bonchev–Trinajstić information content (AvgIpc) is 2.95. The lowest BCUT2D eigenvalue weighted by Gasteiger charge is -2.21. The van der Waals surface area contributed by atoms with Crippen molar-refractivity contribution >= 4 is 11.6 Å². The van der Waals surface area contributed by atoms with Crippen LogP contribution in [-0.4, -0.2) is 15.8 Å². The lowest BCUT2D eigenvalue weighted by molar-refractivity contribution is 0.351. The van der Waals surface area contributed by atoms with Gasteiger partial charge < -0.3 is 9.73 Å². The fourth-order valence-corrected chi connectivity index (χ4v) is 1.79. The Labute approximate surface area is 106 Å². The first-order valence-electron chi connectivity index (χ1n) is 5.63. The van der Waals surface area contributed by atoms with E-state index in [1.807, 2.05) is 23.0 Å². The Balaban J connectivity index is 1.87. The summed E-state index contributed by atoms with van der Waals surface area (Å²) in [6.07, 6.45) is 3.75. The van der Waals surface area contributed by atoms with Crippen LogP contribution >= 0.6 is 11.6 Å². The van der Waals surface area contributed by atoms with Crippen molar-refractivity contribution in [1.29, 1.82) is 0 Å². The topological polar surface area (TPSA) is 43.0 Å². The minimum Gasteiger partial charge on any atom is -0.448 e. The monoisotopic (exact) mass is 253 g/mol. The highest BCUT2D eigenvalue weighted by Crippen LogP contribution is 2.14. The number of furan rings is 1. The Morgan fingerprint density at radius 2 is 2.29 bits per heavy atom. The molecule has 2 heterocycles. The molecule has 0 aliphatic rings. The van der Waals surface area contributed by atoms with Gasteiger partial charge in [0.25, 0.3) is 0 Å². The van der Waals surface area contributed by atoms with Crippen LogP contribution in [0.15, 0.2) is 35.0 Å². The maximum absolute atomic E-state index is 5.71. The van der Waals surface area contributed by atoms with Gasteiger partial charge in [-0.25, -0.2) is 0 Å². The van der Waals surface area contributed by atoms with Gasteiger partial charge in [-0.15, -0.1) is 0 Å². The second kappa shape index (κ2) is 5.38. The highest BCUT2D eigenvalue weighted by atomic mass is 35.5. The summed E-state index contributed by atoms with van der Waals surface area (Å²) < 4.78 is 7.22. The Bertz CT molecular complexity index is 452. The third kappa shape index (κ3) is 3.11. The molecule has 2 atom stereocenters. The molecule has 0 bridgehead atoms. The van der Waals surface area contributed by atoms with Crippen molar-refractivity contribution in [2.24, 2.45) is 0 Å². The van der Waals surface area contributed by atoms with Crippen LogP contribution < -0.4 is 5.32 Å². The Kier molecular flexibility index (Phi) is 3.86. The van der Waals surface area contributed by atoms with Crippen LogP contribution in [0.25, 0.3) is 0 Å². The maximum Gasteiger partial charge on any atom is 0.193 e. The zero-order valence-electron chi connectivity index (χ0n) is 9.93. The second-order valence-corrected chi connectivity index (χ2v) is 4.47. The number of nitrogens with one attached hydrogen (secondary N) is 1. The van der Waals surface area contributed by atoms with E-state index < -0.39 is 0 Å². The molecular formula is C12H16ClN3O. The quantitative estimate of drug-likeness (QED) is 0.891. The molecule has 0 radical (unpaired) electrons. The van der Waals surface area contributed by atoms with Crippen LogP contribution in [0.2, 0.25) is 5.22 Å².